The minimum Gasteiger partial charge on any atom is -0.369 e. The van der Waals surface area contributed by atoms with Gasteiger partial charge in [-0.3, -0.25) is 9.36 Å². The van der Waals surface area contributed by atoms with Crippen molar-refractivity contribution in [1.29, 1.82) is 0 Å². The van der Waals surface area contributed by atoms with E-state index in [9.17, 15) is 4.79 Å². The molecule has 0 radical (unpaired) electrons. The predicted molar refractivity (Wildman–Crippen MR) is 101 cm³/mol. The summed E-state index contributed by atoms with van der Waals surface area (Å²) in [6.07, 6.45) is 5.44. The molecule has 2 aromatic rings. The van der Waals surface area contributed by atoms with Crippen LogP contribution in [0.3, 0.4) is 0 Å². The van der Waals surface area contributed by atoms with E-state index in [0.717, 1.165) is 27.7 Å². The van der Waals surface area contributed by atoms with Crippen LogP contribution in [0.1, 0.15) is 45.6 Å². The van der Waals surface area contributed by atoms with Crippen LogP contribution >= 0.6 is 23.1 Å². The number of nitrogens with two attached hydrogens (primary N) is 1. The molecule has 0 saturated heterocycles. The van der Waals surface area contributed by atoms with E-state index in [-0.39, 0.29) is 11.2 Å². The summed E-state index contributed by atoms with van der Waals surface area (Å²) in [4.78, 5) is 12.7. The molecule has 0 aromatic carbocycles. The van der Waals surface area contributed by atoms with E-state index in [1.165, 1.54) is 37.4 Å². The average Bonchev–Trinajstić information content (AvgIpc) is 3.36. The molecule has 2 aliphatic carbocycles. The van der Waals surface area contributed by atoms with Gasteiger partial charge in [-0.05, 0) is 62.3 Å². The number of hydrogen-bond acceptors (Lipinski definition) is 5. The van der Waals surface area contributed by atoms with Crippen molar-refractivity contribution < 1.29 is 4.79 Å². The third kappa shape index (κ3) is 3.12. The second kappa shape index (κ2) is 6.76. The number of nitrogens with zero attached hydrogens (tertiary/aromatic N) is 3. The lowest BCUT2D eigenvalue weighted by molar-refractivity contribution is -0.117. The Kier molecular flexibility index (Phi) is 4.62. The smallest absolute Gasteiger partial charge is 0.230 e. The highest BCUT2D eigenvalue weighted by molar-refractivity contribution is 8.00. The zero-order valence-corrected chi connectivity index (χ0v) is 16.2. The van der Waals surface area contributed by atoms with Gasteiger partial charge in [-0.2, -0.15) is 0 Å². The number of carbonyl (C=O) groups is 1. The molecule has 25 heavy (non-hydrogen) atoms. The van der Waals surface area contributed by atoms with Gasteiger partial charge in [0.2, 0.25) is 5.91 Å². The van der Waals surface area contributed by atoms with Gasteiger partial charge >= 0.3 is 0 Å². The lowest BCUT2D eigenvalue weighted by atomic mass is 9.84. The molecule has 0 spiro atoms. The summed E-state index contributed by atoms with van der Waals surface area (Å²) in [7, 11) is 0. The minimum atomic E-state index is -0.315. The van der Waals surface area contributed by atoms with Crippen LogP contribution in [0.2, 0.25) is 0 Å². The summed E-state index contributed by atoms with van der Waals surface area (Å²) in [6, 6.07) is 4.47. The molecule has 2 aliphatic rings. The number of fused-ring (bicyclic) bond motifs is 2. The number of thiophene rings is 1. The van der Waals surface area contributed by atoms with Gasteiger partial charge in [-0.25, -0.2) is 0 Å². The summed E-state index contributed by atoms with van der Waals surface area (Å²) in [5, 5.41) is 11.5. The Morgan fingerprint density at radius 1 is 1.36 bits per heavy atom. The van der Waals surface area contributed by atoms with Crippen molar-refractivity contribution in [2.24, 2.45) is 23.5 Å². The number of amides is 1. The number of aromatic nitrogens is 3. The lowest BCUT2D eigenvalue weighted by Gasteiger charge is -2.30. The first-order valence-electron chi connectivity index (χ1n) is 8.99. The lowest BCUT2D eigenvalue weighted by Crippen LogP contribution is -2.25. The molecule has 5 atom stereocenters. The van der Waals surface area contributed by atoms with Crippen LogP contribution < -0.4 is 5.73 Å². The molecule has 7 heteroatoms. The van der Waals surface area contributed by atoms with Gasteiger partial charge in [-0.1, -0.05) is 24.2 Å². The van der Waals surface area contributed by atoms with Gasteiger partial charge in [0.05, 0.1) is 10.1 Å². The Balaban J connectivity index is 1.69. The van der Waals surface area contributed by atoms with Crippen molar-refractivity contribution in [3.8, 4) is 10.7 Å². The molecule has 134 valence electrons. The molecule has 5 nitrogen and oxygen atoms in total. The summed E-state index contributed by atoms with van der Waals surface area (Å²) < 4.78 is 2.27. The maximum absolute atomic E-state index is 11.5. The van der Waals surface area contributed by atoms with Crippen LogP contribution in [0.15, 0.2) is 22.7 Å². The molecule has 2 fully saturated rings. The molecule has 0 unspecified atom stereocenters. The molecule has 2 aromatic heterocycles. The van der Waals surface area contributed by atoms with E-state index < -0.39 is 0 Å². The van der Waals surface area contributed by atoms with Gasteiger partial charge in [0.1, 0.15) is 0 Å². The second-order valence-electron chi connectivity index (χ2n) is 7.40. The van der Waals surface area contributed by atoms with Crippen LogP contribution in [0.25, 0.3) is 10.7 Å². The summed E-state index contributed by atoms with van der Waals surface area (Å²) in [5.41, 5.74) is 5.47. The highest BCUT2D eigenvalue weighted by atomic mass is 32.2. The highest BCUT2D eigenvalue weighted by Crippen LogP contribution is 2.53. The summed E-state index contributed by atoms with van der Waals surface area (Å²) >= 11 is 3.10. The van der Waals surface area contributed by atoms with E-state index in [4.69, 9.17) is 5.73 Å². The summed E-state index contributed by atoms with van der Waals surface area (Å²) in [5.74, 6) is 3.01. The van der Waals surface area contributed by atoms with Crippen LogP contribution in [0, 0.1) is 17.8 Å². The monoisotopic (exact) mass is 376 g/mol. The first-order chi connectivity index (χ1) is 12.0. The fourth-order valence-electron chi connectivity index (χ4n) is 4.59. The highest BCUT2D eigenvalue weighted by Gasteiger charge is 2.43. The third-order valence-electron chi connectivity index (χ3n) is 5.91. The van der Waals surface area contributed by atoms with Gasteiger partial charge in [0.25, 0.3) is 0 Å². The molecular weight excluding hydrogens is 352 g/mol. The van der Waals surface area contributed by atoms with Crippen molar-refractivity contribution in [3.05, 3.63) is 17.5 Å². The number of thioether (sulfide) groups is 1. The standard InChI is InChI=1S/C18H24N4OS2/c1-10(14-9-12-5-6-13(14)8-12)22-17(15-4-3-7-24-15)20-21-18(22)25-11(2)16(19)23/h3-4,7,10-14H,5-6,8-9H2,1-2H3,(H2,19,23)/t10-,11-,12-,13-,14+/m0/s1. The molecule has 2 bridgehead atoms. The van der Waals surface area contributed by atoms with E-state index in [0.29, 0.717) is 12.0 Å². The molecule has 0 aliphatic heterocycles. The number of primary amides is 1. The fraction of sp³-hybridized carbons (Fsp3) is 0.611. The number of hydrogen-bond donors (Lipinski definition) is 1. The van der Waals surface area contributed by atoms with Crippen molar-refractivity contribution >= 4 is 29.0 Å². The maximum Gasteiger partial charge on any atom is 0.230 e. The van der Waals surface area contributed by atoms with Gasteiger partial charge in [-0.15, -0.1) is 21.5 Å². The Hall–Kier alpha value is -1.34. The van der Waals surface area contributed by atoms with Crippen molar-refractivity contribution in [2.75, 3.05) is 0 Å². The molecule has 2 saturated carbocycles. The normalized spacial score (nSPS) is 27.5. The van der Waals surface area contributed by atoms with Crippen molar-refractivity contribution in [2.45, 2.75) is 56.0 Å². The van der Waals surface area contributed by atoms with Gasteiger partial charge < -0.3 is 5.73 Å². The first-order valence-corrected chi connectivity index (χ1v) is 10.7. The van der Waals surface area contributed by atoms with Crippen LogP contribution in [-0.4, -0.2) is 25.9 Å². The number of rotatable bonds is 6. The zero-order chi connectivity index (χ0) is 17.6. The quantitative estimate of drug-likeness (QED) is 0.774. The minimum absolute atomic E-state index is 0.314. The number of carbonyl (C=O) groups excluding carboxylic acids is 1. The molecule has 2 N–H and O–H groups in total. The van der Waals surface area contributed by atoms with Crippen LogP contribution in [0.4, 0.5) is 0 Å². The van der Waals surface area contributed by atoms with E-state index >= 15 is 0 Å². The average molecular weight is 377 g/mol. The van der Waals surface area contributed by atoms with E-state index in [1.807, 2.05) is 13.0 Å². The molecule has 1 amide bonds. The second-order valence-corrected chi connectivity index (χ2v) is 9.65. The predicted octanol–water partition coefficient (Wildman–Crippen LogP) is 3.97. The van der Waals surface area contributed by atoms with Gasteiger partial charge in [0, 0.05) is 6.04 Å². The topological polar surface area (TPSA) is 73.8 Å². The molecular formula is C18H24N4OS2. The Morgan fingerprint density at radius 2 is 2.20 bits per heavy atom. The van der Waals surface area contributed by atoms with Crippen LogP contribution in [-0.2, 0) is 4.79 Å². The maximum atomic E-state index is 11.5. The third-order valence-corrected chi connectivity index (χ3v) is 7.85. The molecule has 4 rings (SSSR count). The Bertz CT molecular complexity index is 757. The zero-order valence-electron chi connectivity index (χ0n) is 14.6. The van der Waals surface area contributed by atoms with Crippen molar-refractivity contribution in [1.82, 2.24) is 14.8 Å². The van der Waals surface area contributed by atoms with E-state index in [1.54, 1.807) is 11.3 Å². The molecule has 2 heterocycles. The SMILES string of the molecule is C[C@H](Sc1nnc(-c2cccs2)n1[C@@H](C)[C@H]1C[C@H]2CC[C@H]1C2)C(N)=O. The largest absolute Gasteiger partial charge is 0.369 e. The van der Waals surface area contributed by atoms with Crippen LogP contribution in [0.5, 0.6) is 0 Å². The Labute approximate surface area is 156 Å². The first kappa shape index (κ1) is 17.1. The van der Waals surface area contributed by atoms with Crippen molar-refractivity contribution in [3.63, 3.8) is 0 Å². The fourth-order valence-corrected chi connectivity index (χ4v) is 6.18. The van der Waals surface area contributed by atoms with Gasteiger partial charge in [0.15, 0.2) is 11.0 Å². The Morgan fingerprint density at radius 3 is 2.80 bits per heavy atom. The van der Waals surface area contributed by atoms with E-state index in [2.05, 4.69) is 33.1 Å². The summed E-state index contributed by atoms with van der Waals surface area (Å²) in [6.45, 7) is 4.13.